The monoisotopic (exact) mass is 617 g/mol. The summed E-state index contributed by atoms with van der Waals surface area (Å²) in [7, 11) is -2.43. The minimum Gasteiger partial charge on any atom is -0.204 e. The predicted octanol–water partition coefficient (Wildman–Crippen LogP) is 6.68. The summed E-state index contributed by atoms with van der Waals surface area (Å²) in [5, 5.41) is 12.7. The third-order valence-electron chi connectivity index (χ3n) is 7.68. The average molecular weight is 618 g/mol. The Kier molecular flexibility index (Phi) is 8.96. The van der Waals surface area contributed by atoms with E-state index in [1.807, 2.05) is 0 Å². The molecule has 0 fully saturated rings. The number of hydrogen-bond acceptors (Lipinski definition) is 0. The highest BCUT2D eigenvalue weighted by atomic mass is 31.1. The molecule has 0 N–H and O–H groups in total. The molecule has 0 nitrogen and oxygen atoms in total. The van der Waals surface area contributed by atoms with Gasteiger partial charge in [-0.05, 0) is 39.7 Å². The zero-order valence-electron chi connectivity index (χ0n) is 24.3. The van der Waals surface area contributed by atoms with Crippen LogP contribution < -0.4 is 47.7 Å². The standard InChI is InChI=1S/C41H32P3/c1-7-19-33(20-8-1)42(34-21-9-2-10-22-34)39-31-32-40(43(35-23-11-3-12-24-35)36-25-13-4-14-26-36)41(39)44(37-27-15-5-16-28-37)38-29-17-6-18-30-38/h1-32H/q-1. The second-order valence-electron chi connectivity index (χ2n) is 10.5. The largest absolute Gasteiger partial charge is 0.204 e. The van der Waals surface area contributed by atoms with Crippen LogP contribution in [0.3, 0.4) is 0 Å². The van der Waals surface area contributed by atoms with E-state index >= 15 is 0 Å². The van der Waals surface area contributed by atoms with Crippen molar-refractivity contribution < 1.29 is 0 Å². The van der Waals surface area contributed by atoms with E-state index in [0.717, 1.165) is 0 Å². The van der Waals surface area contributed by atoms with E-state index in [1.54, 1.807) is 0 Å². The molecule has 0 aliphatic heterocycles. The van der Waals surface area contributed by atoms with E-state index in [0.29, 0.717) is 0 Å². The molecule has 44 heavy (non-hydrogen) atoms. The highest BCUT2D eigenvalue weighted by Gasteiger charge is 2.26. The van der Waals surface area contributed by atoms with E-state index in [4.69, 9.17) is 0 Å². The van der Waals surface area contributed by atoms with Gasteiger partial charge in [-0.15, -0.1) is 10.6 Å². The first kappa shape index (κ1) is 28.7. The highest BCUT2D eigenvalue weighted by molar-refractivity contribution is 7.88. The van der Waals surface area contributed by atoms with Crippen molar-refractivity contribution in [1.82, 2.24) is 0 Å². The van der Waals surface area contributed by atoms with E-state index in [-0.39, 0.29) is 0 Å². The lowest BCUT2D eigenvalue weighted by atomic mass is 10.4. The van der Waals surface area contributed by atoms with Gasteiger partial charge in [0.25, 0.3) is 0 Å². The summed E-state index contributed by atoms with van der Waals surface area (Å²) in [6.07, 6.45) is 0. The zero-order chi connectivity index (χ0) is 29.6. The third kappa shape index (κ3) is 6.00. The Morgan fingerprint density at radius 2 is 0.591 bits per heavy atom. The summed E-state index contributed by atoms with van der Waals surface area (Å²) >= 11 is 0. The normalized spacial score (nSPS) is 11.3. The van der Waals surface area contributed by atoms with E-state index in [2.05, 4.69) is 194 Å². The van der Waals surface area contributed by atoms with Gasteiger partial charge in [0.2, 0.25) is 0 Å². The van der Waals surface area contributed by atoms with Crippen LogP contribution in [0.25, 0.3) is 0 Å². The van der Waals surface area contributed by atoms with Crippen molar-refractivity contribution in [3.8, 4) is 0 Å². The van der Waals surface area contributed by atoms with Crippen molar-refractivity contribution in [1.29, 1.82) is 0 Å². The quantitative estimate of drug-likeness (QED) is 0.125. The minimum atomic E-state index is -0.844. The molecule has 0 aromatic heterocycles. The molecule has 0 saturated carbocycles. The molecule has 7 aromatic rings. The molecule has 0 radical (unpaired) electrons. The summed E-state index contributed by atoms with van der Waals surface area (Å²) < 4.78 is 0. The van der Waals surface area contributed by atoms with Crippen molar-refractivity contribution in [3.05, 3.63) is 194 Å². The number of benzene rings is 6. The maximum atomic E-state index is 2.47. The molecule has 0 atom stereocenters. The molecule has 0 amide bonds. The van der Waals surface area contributed by atoms with Crippen LogP contribution in [-0.2, 0) is 0 Å². The van der Waals surface area contributed by atoms with Crippen LogP contribution in [0.4, 0.5) is 0 Å². The first-order valence-electron chi connectivity index (χ1n) is 14.9. The lowest BCUT2D eigenvalue weighted by Gasteiger charge is -2.35. The minimum absolute atomic E-state index is 0.795. The fraction of sp³-hybridized carbons (Fsp3) is 0. The van der Waals surface area contributed by atoms with Crippen molar-refractivity contribution in [2.75, 3.05) is 0 Å². The molecule has 3 heteroatoms. The lowest BCUT2D eigenvalue weighted by molar-refractivity contribution is 1.75. The van der Waals surface area contributed by atoms with Crippen LogP contribution in [0.1, 0.15) is 0 Å². The van der Waals surface area contributed by atoms with Gasteiger partial charge in [-0.2, -0.15) is 11.4 Å². The second kappa shape index (κ2) is 13.7. The summed E-state index contributed by atoms with van der Waals surface area (Å²) in [6, 6.07) is 71.9. The molecule has 7 aromatic carbocycles. The van der Waals surface area contributed by atoms with Crippen LogP contribution in [0.5, 0.6) is 0 Å². The van der Waals surface area contributed by atoms with Crippen molar-refractivity contribution in [2.45, 2.75) is 0 Å². The van der Waals surface area contributed by atoms with Crippen molar-refractivity contribution in [2.24, 2.45) is 0 Å². The predicted molar refractivity (Wildman–Crippen MR) is 198 cm³/mol. The van der Waals surface area contributed by atoms with Gasteiger partial charge in [0, 0.05) is 0 Å². The SMILES string of the molecule is c1ccc(P(c2ccccc2)c2cc[c-](P(c3ccccc3)c3ccccc3)c2P(c2ccccc2)c2ccccc2)cc1. The smallest absolute Gasteiger partial charge is 0.0170 e. The van der Waals surface area contributed by atoms with Crippen LogP contribution in [0, 0.1) is 0 Å². The molecular formula is C41H32P3-. The molecule has 0 unspecified atom stereocenters. The topological polar surface area (TPSA) is 0 Å². The molecule has 0 heterocycles. The lowest BCUT2D eigenvalue weighted by Crippen LogP contribution is -2.40. The second-order valence-corrected chi connectivity index (χ2v) is 17.0. The Bertz CT molecular complexity index is 1670. The van der Waals surface area contributed by atoms with Gasteiger partial charge in [-0.1, -0.05) is 198 Å². The maximum absolute atomic E-state index is 2.47. The van der Waals surface area contributed by atoms with Crippen LogP contribution in [-0.4, -0.2) is 0 Å². The van der Waals surface area contributed by atoms with Crippen molar-refractivity contribution in [3.63, 3.8) is 0 Å². The van der Waals surface area contributed by atoms with Gasteiger partial charge in [-0.3, -0.25) is 0 Å². The van der Waals surface area contributed by atoms with Gasteiger partial charge in [0.1, 0.15) is 0 Å². The molecule has 212 valence electrons. The Morgan fingerprint density at radius 3 is 0.932 bits per heavy atom. The van der Waals surface area contributed by atoms with Crippen LogP contribution in [0.15, 0.2) is 194 Å². The molecule has 0 saturated heterocycles. The third-order valence-corrected chi connectivity index (χ3v) is 15.6. The average Bonchev–Trinajstić information content (AvgIpc) is 3.51. The molecule has 7 rings (SSSR count). The molecule has 0 spiro atoms. The number of rotatable bonds is 9. The van der Waals surface area contributed by atoms with Gasteiger partial charge >= 0.3 is 0 Å². The summed E-state index contributed by atoms with van der Waals surface area (Å²) in [5.74, 6) is 0. The Hall–Kier alpha value is -4.04. The molecule has 0 aliphatic rings. The molecular weight excluding hydrogens is 585 g/mol. The zero-order valence-corrected chi connectivity index (χ0v) is 27.0. The first-order chi connectivity index (χ1) is 21.9. The van der Waals surface area contributed by atoms with Gasteiger partial charge in [-0.25, -0.2) is 6.07 Å². The van der Waals surface area contributed by atoms with Crippen LogP contribution >= 0.6 is 23.8 Å². The van der Waals surface area contributed by atoms with Gasteiger partial charge in [0.15, 0.2) is 0 Å². The van der Waals surface area contributed by atoms with Crippen molar-refractivity contribution >= 4 is 71.5 Å². The van der Waals surface area contributed by atoms with Gasteiger partial charge < -0.3 is 0 Å². The number of hydrogen-bond donors (Lipinski definition) is 0. The summed E-state index contributed by atoms with van der Waals surface area (Å²) in [5.41, 5.74) is 0. The van der Waals surface area contributed by atoms with E-state index in [9.17, 15) is 0 Å². The Morgan fingerprint density at radius 1 is 0.295 bits per heavy atom. The van der Waals surface area contributed by atoms with E-state index in [1.165, 1.54) is 47.7 Å². The Labute approximate surface area is 264 Å². The fourth-order valence-corrected chi connectivity index (χ4v) is 14.1. The van der Waals surface area contributed by atoms with Gasteiger partial charge in [0.05, 0.1) is 0 Å². The van der Waals surface area contributed by atoms with E-state index < -0.39 is 23.8 Å². The molecule has 0 bridgehead atoms. The van der Waals surface area contributed by atoms with Crippen LogP contribution in [0.2, 0.25) is 0 Å². The summed E-state index contributed by atoms with van der Waals surface area (Å²) in [6.45, 7) is 0. The molecule has 0 aliphatic carbocycles. The summed E-state index contributed by atoms with van der Waals surface area (Å²) in [4.78, 5) is 0. The maximum Gasteiger partial charge on any atom is -0.0170 e. The fourth-order valence-electron chi connectivity index (χ4n) is 5.76. The highest BCUT2D eigenvalue weighted by Crippen LogP contribution is 2.43. The first-order valence-corrected chi connectivity index (χ1v) is 18.9. The Balaban J connectivity index is 1.57.